The minimum atomic E-state index is 0.609. The summed E-state index contributed by atoms with van der Waals surface area (Å²) in [5.74, 6) is 0.970. The Bertz CT molecular complexity index is 773. The van der Waals surface area contributed by atoms with Gasteiger partial charge in [-0.2, -0.15) is 0 Å². The van der Waals surface area contributed by atoms with E-state index in [1.54, 1.807) is 0 Å². The Kier molecular flexibility index (Phi) is 5.58. The number of hydrogen-bond donors (Lipinski definition) is 0. The molecule has 3 aromatic rings. The first-order chi connectivity index (χ1) is 11.8. The Labute approximate surface area is 145 Å². The van der Waals surface area contributed by atoms with Gasteiger partial charge in [0.25, 0.3) is 0 Å². The van der Waals surface area contributed by atoms with E-state index >= 15 is 0 Å². The first-order valence-corrected chi connectivity index (χ1v) is 9.12. The molecule has 0 saturated carbocycles. The Morgan fingerprint density at radius 1 is 0.958 bits per heavy atom. The number of benzene rings is 1. The molecule has 126 valence electrons. The summed E-state index contributed by atoms with van der Waals surface area (Å²) in [5.41, 5.74) is 5.29. The summed E-state index contributed by atoms with van der Waals surface area (Å²) in [6.45, 7) is 5.10. The van der Waals surface area contributed by atoms with Crippen LogP contribution in [-0.4, -0.2) is 4.40 Å². The molecule has 0 aliphatic rings. The molecule has 0 unspecified atom stereocenters. The number of rotatable bonds is 8. The van der Waals surface area contributed by atoms with Gasteiger partial charge in [-0.25, -0.2) is 0 Å². The molecule has 0 aliphatic carbocycles. The zero-order valence-electron chi connectivity index (χ0n) is 14.8. The lowest BCUT2D eigenvalue weighted by molar-refractivity contribution is 0.309. The lowest BCUT2D eigenvalue weighted by atomic mass is 10.1. The van der Waals surface area contributed by atoms with E-state index in [0.29, 0.717) is 6.61 Å². The predicted molar refractivity (Wildman–Crippen MR) is 101 cm³/mol. The molecule has 0 amide bonds. The van der Waals surface area contributed by atoms with Gasteiger partial charge in [-0.3, -0.25) is 0 Å². The average Bonchev–Trinajstić information content (AvgIpc) is 2.99. The highest BCUT2D eigenvalue weighted by Gasteiger charge is 2.12. The van der Waals surface area contributed by atoms with Crippen LogP contribution < -0.4 is 4.74 Å². The molecule has 0 atom stereocenters. The molecule has 0 aliphatic heterocycles. The van der Waals surface area contributed by atoms with Crippen LogP contribution in [-0.2, 0) is 19.4 Å². The monoisotopic (exact) mass is 321 g/mol. The maximum Gasteiger partial charge on any atom is 0.143 e. The fourth-order valence-corrected chi connectivity index (χ4v) is 3.27. The zero-order valence-corrected chi connectivity index (χ0v) is 14.8. The minimum Gasteiger partial charge on any atom is -0.487 e. The molecule has 2 heteroatoms. The Morgan fingerprint density at radius 2 is 1.79 bits per heavy atom. The topological polar surface area (TPSA) is 13.6 Å². The number of aryl methyl sites for hydroxylation is 2. The van der Waals surface area contributed by atoms with E-state index < -0.39 is 0 Å². The van der Waals surface area contributed by atoms with Gasteiger partial charge >= 0.3 is 0 Å². The van der Waals surface area contributed by atoms with Crippen LogP contribution in [0.2, 0.25) is 0 Å². The van der Waals surface area contributed by atoms with Crippen LogP contribution in [0.5, 0.6) is 5.75 Å². The van der Waals surface area contributed by atoms with Crippen molar-refractivity contribution in [2.75, 3.05) is 0 Å². The molecule has 3 rings (SSSR count). The third-order valence-corrected chi connectivity index (χ3v) is 4.60. The van der Waals surface area contributed by atoms with Crippen LogP contribution in [0.25, 0.3) is 5.52 Å². The highest BCUT2D eigenvalue weighted by atomic mass is 16.5. The maximum atomic E-state index is 6.12. The molecule has 0 bridgehead atoms. The van der Waals surface area contributed by atoms with Gasteiger partial charge in [0, 0.05) is 11.9 Å². The third-order valence-electron chi connectivity index (χ3n) is 4.60. The summed E-state index contributed by atoms with van der Waals surface area (Å²) in [7, 11) is 0. The van der Waals surface area contributed by atoms with Gasteiger partial charge in [-0.05, 0) is 48.6 Å². The van der Waals surface area contributed by atoms with Crippen molar-refractivity contribution in [2.24, 2.45) is 0 Å². The summed E-state index contributed by atoms with van der Waals surface area (Å²) in [5, 5.41) is 0. The van der Waals surface area contributed by atoms with E-state index in [4.69, 9.17) is 4.74 Å². The van der Waals surface area contributed by atoms with Crippen molar-refractivity contribution >= 4 is 5.52 Å². The number of aromatic nitrogens is 1. The Morgan fingerprint density at radius 3 is 2.54 bits per heavy atom. The van der Waals surface area contributed by atoms with E-state index in [1.165, 1.54) is 41.6 Å². The third kappa shape index (κ3) is 3.64. The van der Waals surface area contributed by atoms with Crippen molar-refractivity contribution in [1.82, 2.24) is 4.40 Å². The smallest absolute Gasteiger partial charge is 0.143 e. The van der Waals surface area contributed by atoms with Crippen molar-refractivity contribution < 1.29 is 4.74 Å². The summed E-state index contributed by atoms with van der Waals surface area (Å²) < 4.78 is 8.45. The fraction of sp³-hybridized carbons (Fsp3) is 0.364. The number of nitrogens with zero attached hydrogens (tertiary/aromatic N) is 1. The molecule has 0 N–H and O–H groups in total. The normalized spacial score (nSPS) is 11.1. The van der Waals surface area contributed by atoms with Crippen molar-refractivity contribution in [3.05, 3.63) is 71.5 Å². The Balaban J connectivity index is 1.86. The number of ether oxygens (including phenoxy) is 1. The second-order valence-corrected chi connectivity index (χ2v) is 6.33. The fourth-order valence-electron chi connectivity index (χ4n) is 3.27. The van der Waals surface area contributed by atoms with Crippen molar-refractivity contribution in [3.8, 4) is 5.75 Å². The van der Waals surface area contributed by atoms with Crippen molar-refractivity contribution in [3.63, 3.8) is 0 Å². The average molecular weight is 321 g/mol. The lowest BCUT2D eigenvalue weighted by Crippen LogP contribution is -1.99. The van der Waals surface area contributed by atoms with E-state index in [9.17, 15) is 0 Å². The molecule has 0 spiro atoms. The van der Waals surface area contributed by atoms with Crippen LogP contribution in [0.1, 0.15) is 49.9 Å². The summed E-state index contributed by atoms with van der Waals surface area (Å²) >= 11 is 0. The SMILES string of the molecule is CCCCCc1c(CC)cc2c(OCc3ccccc3)cccn12. The summed E-state index contributed by atoms with van der Waals surface area (Å²) in [4.78, 5) is 0. The second-order valence-electron chi connectivity index (χ2n) is 6.33. The van der Waals surface area contributed by atoms with E-state index in [-0.39, 0.29) is 0 Å². The molecule has 2 nitrogen and oxygen atoms in total. The van der Waals surface area contributed by atoms with Gasteiger partial charge in [0.05, 0.1) is 5.52 Å². The Hall–Kier alpha value is -2.22. The minimum absolute atomic E-state index is 0.609. The van der Waals surface area contributed by atoms with E-state index in [1.807, 2.05) is 6.07 Å². The van der Waals surface area contributed by atoms with Gasteiger partial charge in [0.2, 0.25) is 0 Å². The number of fused-ring (bicyclic) bond motifs is 1. The summed E-state index contributed by atoms with van der Waals surface area (Å²) in [6.07, 6.45) is 8.20. The van der Waals surface area contributed by atoms with Crippen LogP contribution in [0, 0.1) is 0 Å². The van der Waals surface area contributed by atoms with Gasteiger partial charge in [-0.1, -0.05) is 57.0 Å². The predicted octanol–water partition coefficient (Wildman–Crippen LogP) is 5.81. The molecule has 2 heterocycles. The van der Waals surface area contributed by atoms with Crippen molar-refractivity contribution in [1.29, 1.82) is 0 Å². The molecule has 1 aromatic carbocycles. The first-order valence-electron chi connectivity index (χ1n) is 9.12. The van der Waals surface area contributed by atoms with E-state index in [2.05, 4.69) is 66.9 Å². The standard InChI is InChI=1S/C22H27NO/c1-3-5-7-13-20-19(4-2)16-21-22(14-10-15-23(20)21)24-17-18-11-8-6-9-12-18/h6,8-12,14-16H,3-5,7,13,17H2,1-2H3. The lowest BCUT2D eigenvalue weighted by Gasteiger charge is -2.10. The van der Waals surface area contributed by atoms with Gasteiger partial charge in [-0.15, -0.1) is 0 Å². The number of pyridine rings is 1. The molecule has 0 saturated heterocycles. The number of hydrogen-bond acceptors (Lipinski definition) is 1. The van der Waals surface area contributed by atoms with Crippen molar-refractivity contribution in [2.45, 2.75) is 52.6 Å². The molecule has 0 radical (unpaired) electrons. The number of unbranched alkanes of at least 4 members (excludes halogenated alkanes) is 2. The zero-order chi connectivity index (χ0) is 16.8. The molecule has 2 aromatic heterocycles. The van der Waals surface area contributed by atoms with Gasteiger partial charge < -0.3 is 9.14 Å². The highest BCUT2D eigenvalue weighted by Crippen LogP contribution is 2.27. The first kappa shape index (κ1) is 16.6. The molecule has 0 fully saturated rings. The maximum absolute atomic E-state index is 6.12. The highest BCUT2D eigenvalue weighted by molar-refractivity contribution is 5.64. The molecule has 24 heavy (non-hydrogen) atoms. The second kappa shape index (κ2) is 8.05. The van der Waals surface area contributed by atoms with Crippen LogP contribution >= 0.6 is 0 Å². The van der Waals surface area contributed by atoms with Gasteiger partial charge in [0.1, 0.15) is 12.4 Å². The van der Waals surface area contributed by atoms with Crippen LogP contribution in [0.3, 0.4) is 0 Å². The van der Waals surface area contributed by atoms with Gasteiger partial charge in [0.15, 0.2) is 0 Å². The quantitative estimate of drug-likeness (QED) is 0.477. The van der Waals surface area contributed by atoms with E-state index in [0.717, 1.165) is 18.6 Å². The van der Waals surface area contributed by atoms with Crippen LogP contribution in [0.4, 0.5) is 0 Å². The molecular weight excluding hydrogens is 294 g/mol. The summed E-state index contributed by atoms with van der Waals surface area (Å²) in [6, 6.07) is 16.8. The van der Waals surface area contributed by atoms with Crippen LogP contribution in [0.15, 0.2) is 54.7 Å². The molecular formula is C22H27NO. The largest absolute Gasteiger partial charge is 0.487 e.